The van der Waals surface area contributed by atoms with Gasteiger partial charge in [0.2, 0.25) is 0 Å². The summed E-state index contributed by atoms with van der Waals surface area (Å²) in [4.78, 5) is 0. The van der Waals surface area contributed by atoms with Crippen molar-refractivity contribution in [2.24, 2.45) is 0 Å². The Morgan fingerprint density at radius 2 is 2.07 bits per heavy atom. The van der Waals surface area contributed by atoms with Crippen LogP contribution in [-0.2, 0) is 0 Å². The second kappa shape index (κ2) is 3.98. The molecule has 0 aliphatic rings. The highest BCUT2D eigenvalue weighted by Crippen LogP contribution is 2.24. The summed E-state index contributed by atoms with van der Waals surface area (Å²) >= 11 is 3.26. The highest BCUT2D eigenvalue weighted by Gasteiger charge is 2.07. The maximum absolute atomic E-state index is 13.5. The molecule has 0 saturated heterocycles. The van der Waals surface area contributed by atoms with Crippen LogP contribution < -0.4 is 4.73 Å². The summed E-state index contributed by atoms with van der Waals surface area (Å²) in [6.07, 6.45) is 2.70. The number of nitrogens with zero attached hydrogens (tertiary/aromatic N) is 1. The normalized spacial score (nSPS) is 10.3. The number of pyridine rings is 1. The van der Waals surface area contributed by atoms with Gasteiger partial charge in [-0.25, -0.2) is 4.39 Å². The molecule has 2 rings (SSSR count). The van der Waals surface area contributed by atoms with Crippen LogP contribution in [0.15, 0.2) is 47.2 Å². The predicted octanol–water partition coefficient (Wildman–Crippen LogP) is 2.89. The topological polar surface area (TPSA) is 26.9 Å². The molecule has 0 N–H and O–H groups in total. The molecule has 0 unspecified atom stereocenters. The minimum Gasteiger partial charge on any atom is -0.619 e. The lowest BCUT2D eigenvalue weighted by atomic mass is 10.1. The van der Waals surface area contributed by atoms with E-state index in [9.17, 15) is 9.60 Å². The van der Waals surface area contributed by atoms with Crippen molar-refractivity contribution in [3.63, 3.8) is 0 Å². The van der Waals surface area contributed by atoms with E-state index in [0.717, 1.165) is 4.47 Å². The van der Waals surface area contributed by atoms with E-state index < -0.39 is 0 Å². The number of rotatable bonds is 1. The highest BCUT2D eigenvalue weighted by molar-refractivity contribution is 9.10. The van der Waals surface area contributed by atoms with Crippen molar-refractivity contribution in [1.29, 1.82) is 0 Å². The van der Waals surface area contributed by atoms with Crippen molar-refractivity contribution < 1.29 is 9.12 Å². The van der Waals surface area contributed by atoms with Gasteiger partial charge < -0.3 is 5.21 Å². The molecule has 1 heterocycles. The van der Waals surface area contributed by atoms with Gasteiger partial charge in [-0.15, -0.1) is 0 Å². The van der Waals surface area contributed by atoms with Crippen molar-refractivity contribution in [3.8, 4) is 11.1 Å². The molecule has 4 heteroatoms. The number of halogens is 2. The zero-order valence-corrected chi connectivity index (χ0v) is 9.24. The number of aromatic nitrogens is 1. The Morgan fingerprint density at radius 1 is 1.27 bits per heavy atom. The van der Waals surface area contributed by atoms with Gasteiger partial charge in [0.25, 0.3) is 0 Å². The number of hydrogen-bond acceptors (Lipinski definition) is 1. The molecule has 0 saturated carbocycles. The Balaban J connectivity index is 2.58. The van der Waals surface area contributed by atoms with Crippen molar-refractivity contribution in [3.05, 3.63) is 58.2 Å². The summed E-state index contributed by atoms with van der Waals surface area (Å²) in [6, 6.07) is 7.90. The summed E-state index contributed by atoms with van der Waals surface area (Å²) in [5.41, 5.74) is 0.973. The molecule has 0 fully saturated rings. The molecule has 0 amide bonds. The highest BCUT2D eigenvalue weighted by atomic mass is 79.9. The summed E-state index contributed by atoms with van der Waals surface area (Å²) in [7, 11) is 0. The van der Waals surface area contributed by atoms with E-state index >= 15 is 0 Å². The fraction of sp³-hybridized carbons (Fsp3) is 0. The van der Waals surface area contributed by atoms with Crippen LogP contribution in [-0.4, -0.2) is 0 Å². The zero-order valence-electron chi connectivity index (χ0n) is 7.65. The third-order valence-corrected chi connectivity index (χ3v) is 2.51. The van der Waals surface area contributed by atoms with Crippen molar-refractivity contribution in [1.82, 2.24) is 0 Å². The lowest BCUT2D eigenvalue weighted by molar-refractivity contribution is -0.604. The van der Waals surface area contributed by atoms with Crippen LogP contribution in [0.3, 0.4) is 0 Å². The van der Waals surface area contributed by atoms with Gasteiger partial charge in [-0.05, 0) is 24.3 Å². The standard InChI is InChI=1S/C11H7BrFNO/c12-9-3-4-11(13)10(6-9)8-2-1-5-14(15)7-8/h1-7H. The molecule has 1 aromatic heterocycles. The minimum absolute atomic E-state index is 0.343. The molecular formula is C11H7BrFNO. The maximum atomic E-state index is 13.5. The van der Waals surface area contributed by atoms with Gasteiger partial charge in [0, 0.05) is 21.7 Å². The molecule has 0 aliphatic heterocycles. The smallest absolute Gasteiger partial charge is 0.188 e. The van der Waals surface area contributed by atoms with Crippen LogP contribution in [0.25, 0.3) is 11.1 Å². The van der Waals surface area contributed by atoms with Crippen LogP contribution in [0, 0.1) is 11.0 Å². The average Bonchev–Trinajstić information content (AvgIpc) is 2.22. The number of benzene rings is 1. The molecule has 0 aliphatic carbocycles. The molecule has 76 valence electrons. The monoisotopic (exact) mass is 267 g/mol. The largest absolute Gasteiger partial charge is 0.619 e. The van der Waals surface area contributed by atoms with Crippen molar-refractivity contribution in [2.75, 3.05) is 0 Å². The summed E-state index contributed by atoms with van der Waals surface area (Å²) < 4.78 is 14.9. The first-order valence-corrected chi connectivity index (χ1v) is 5.10. The molecule has 0 bridgehead atoms. The van der Waals surface area contributed by atoms with Crippen LogP contribution in [0.2, 0.25) is 0 Å². The Bertz CT molecular complexity index is 502. The van der Waals surface area contributed by atoms with Crippen molar-refractivity contribution >= 4 is 15.9 Å². The molecule has 2 aromatic rings. The van der Waals surface area contributed by atoms with Gasteiger partial charge in [-0.1, -0.05) is 15.9 Å². The minimum atomic E-state index is -0.343. The summed E-state index contributed by atoms with van der Waals surface area (Å²) in [5.74, 6) is -0.343. The van der Waals surface area contributed by atoms with Gasteiger partial charge in [-0.2, -0.15) is 4.73 Å². The third-order valence-electron chi connectivity index (χ3n) is 2.01. The molecule has 0 radical (unpaired) electrons. The van der Waals surface area contributed by atoms with Gasteiger partial charge in [0.15, 0.2) is 12.4 Å². The van der Waals surface area contributed by atoms with Crippen LogP contribution in [0.1, 0.15) is 0 Å². The van der Waals surface area contributed by atoms with E-state index in [1.807, 2.05) is 0 Å². The molecule has 1 aromatic carbocycles. The molecule has 15 heavy (non-hydrogen) atoms. The molecular weight excluding hydrogens is 261 g/mol. The fourth-order valence-corrected chi connectivity index (χ4v) is 1.69. The summed E-state index contributed by atoms with van der Waals surface area (Å²) in [6.45, 7) is 0. The van der Waals surface area contributed by atoms with Crippen molar-refractivity contribution in [2.45, 2.75) is 0 Å². The second-order valence-electron chi connectivity index (χ2n) is 3.08. The SMILES string of the molecule is [O-][n+]1cccc(-c2cc(Br)ccc2F)c1. The van der Waals surface area contributed by atoms with E-state index in [1.54, 1.807) is 24.3 Å². The third kappa shape index (κ3) is 2.15. The van der Waals surface area contributed by atoms with E-state index in [0.29, 0.717) is 15.9 Å². The first-order valence-electron chi connectivity index (χ1n) is 4.31. The van der Waals surface area contributed by atoms with Crippen LogP contribution in [0.4, 0.5) is 4.39 Å². The quantitative estimate of drug-likeness (QED) is 0.577. The first kappa shape index (κ1) is 10.1. The average molecular weight is 268 g/mol. The maximum Gasteiger partial charge on any atom is 0.188 e. The predicted molar refractivity (Wildman–Crippen MR) is 58.5 cm³/mol. The molecule has 2 nitrogen and oxygen atoms in total. The van der Waals surface area contributed by atoms with E-state index in [2.05, 4.69) is 15.9 Å². The fourth-order valence-electron chi connectivity index (χ4n) is 1.33. The van der Waals surface area contributed by atoms with Gasteiger partial charge in [0.1, 0.15) is 5.82 Å². The second-order valence-corrected chi connectivity index (χ2v) is 3.99. The Hall–Kier alpha value is -1.42. The van der Waals surface area contributed by atoms with E-state index in [1.165, 1.54) is 18.5 Å². The number of hydrogen-bond donors (Lipinski definition) is 0. The Kier molecular flexibility index (Phi) is 2.68. The van der Waals surface area contributed by atoms with Gasteiger partial charge in [0.05, 0.1) is 0 Å². The molecule has 0 atom stereocenters. The first-order chi connectivity index (χ1) is 7.16. The van der Waals surface area contributed by atoms with Gasteiger partial charge in [-0.3, -0.25) is 0 Å². The van der Waals surface area contributed by atoms with Crippen LogP contribution in [0.5, 0.6) is 0 Å². The zero-order chi connectivity index (χ0) is 10.8. The summed E-state index contributed by atoms with van der Waals surface area (Å²) in [5, 5.41) is 11.0. The lowest BCUT2D eigenvalue weighted by Crippen LogP contribution is -2.24. The van der Waals surface area contributed by atoms with Crippen LogP contribution >= 0.6 is 15.9 Å². The Labute approximate surface area is 94.7 Å². The van der Waals surface area contributed by atoms with Gasteiger partial charge >= 0.3 is 0 Å². The van der Waals surface area contributed by atoms with E-state index in [-0.39, 0.29) is 5.82 Å². The molecule has 0 spiro atoms. The lowest BCUT2D eigenvalue weighted by Gasteiger charge is -2.03. The van der Waals surface area contributed by atoms with E-state index in [4.69, 9.17) is 0 Å². The Morgan fingerprint density at radius 3 is 2.80 bits per heavy atom.